The number of benzene rings is 1. The molecule has 152 valence electrons. The lowest BCUT2D eigenvalue weighted by Gasteiger charge is -2.42. The molecule has 1 aliphatic heterocycles. The Balaban J connectivity index is 1.35. The van der Waals surface area contributed by atoms with Crippen LogP contribution in [0.3, 0.4) is 0 Å². The molecule has 1 spiro atoms. The summed E-state index contributed by atoms with van der Waals surface area (Å²) in [7, 11) is 1.82. The predicted octanol–water partition coefficient (Wildman–Crippen LogP) is 2.91. The number of H-pyrrole nitrogens is 1. The monoisotopic (exact) mass is 410 g/mol. The van der Waals surface area contributed by atoms with Crippen molar-refractivity contribution >= 4 is 28.6 Å². The number of hydrogen-bond acceptors (Lipinski definition) is 6. The van der Waals surface area contributed by atoms with E-state index < -0.39 is 0 Å². The fraction of sp³-hybridized carbons (Fsp3) is 0.476. The van der Waals surface area contributed by atoms with E-state index in [-0.39, 0.29) is 5.56 Å². The van der Waals surface area contributed by atoms with Crippen LogP contribution >= 0.6 is 11.8 Å². The smallest absolute Gasteiger partial charge is 0.268 e. The number of nitrogens with one attached hydrogen (secondary N) is 1. The number of rotatable bonds is 3. The maximum absolute atomic E-state index is 13.0. The summed E-state index contributed by atoms with van der Waals surface area (Å²) >= 11 is 1.44. The van der Waals surface area contributed by atoms with Gasteiger partial charge in [0.2, 0.25) is 5.95 Å². The summed E-state index contributed by atoms with van der Waals surface area (Å²) in [6.45, 7) is 1.83. The predicted molar refractivity (Wildman–Crippen MR) is 115 cm³/mol. The van der Waals surface area contributed by atoms with Gasteiger partial charge in [-0.1, -0.05) is 18.2 Å². The Morgan fingerprint density at radius 1 is 1.24 bits per heavy atom. The average Bonchev–Trinajstić information content (AvgIpc) is 3.33. The van der Waals surface area contributed by atoms with E-state index in [0.717, 1.165) is 54.1 Å². The van der Waals surface area contributed by atoms with Gasteiger partial charge < -0.3 is 10.6 Å². The SMILES string of the molecule is Cn1c(N2CCC3(CCC[C@H]3N)CC2)ncc(Sc2ccc3[nH]ncc3c2)c1=O. The third-order valence-electron chi connectivity index (χ3n) is 6.77. The first-order valence-corrected chi connectivity index (χ1v) is 11.0. The molecule has 1 saturated heterocycles. The fourth-order valence-corrected chi connectivity index (χ4v) is 5.83. The molecule has 2 aliphatic rings. The lowest BCUT2D eigenvalue weighted by molar-refractivity contribution is 0.196. The number of fused-ring (bicyclic) bond motifs is 1. The zero-order valence-electron chi connectivity index (χ0n) is 16.6. The van der Waals surface area contributed by atoms with E-state index in [9.17, 15) is 4.79 Å². The molecule has 0 bridgehead atoms. The lowest BCUT2D eigenvalue weighted by atomic mass is 9.74. The van der Waals surface area contributed by atoms with Crippen LogP contribution < -0.4 is 16.2 Å². The Kier molecular flexibility index (Phi) is 4.63. The maximum Gasteiger partial charge on any atom is 0.268 e. The highest BCUT2D eigenvalue weighted by atomic mass is 32.2. The van der Waals surface area contributed by atoms with Gasteiger partial charge in [-0.15, -0.1) is 0 Å². The highest BCUT2D eigenvalue weighted by Crippen LogP contribution is 2.45. The molecule has 2 aromatic heterocycles. The van der Waals surface area contributed by atoms with Crippen LogP contribution in [0.4, 0.5) is 5.95 Å². The van der Waals surface area contributed by atoms with Gasteiger partial charge in [-0.25, -0.2) is 4.98 Å². The van der Waals surface area contributed by atoms with Crippen LogP contribution in [-0.4, -0.2) is 38.9 Å². The summed E-state index contributed by atoms with van der Waals surface area (Å²) in [6.07, 6.45) is 9.31. The van der Waals surface area contributed by atoms with Crippen LogP contribution in [0.5, 0.6) is 0 Å². The zero-order chi connectivity index (χ0) is 20.0. The van der Waals surface area contributed by atoms with E-state index in [0.29, 0.717) is 16.4 Å². The largest absolute Gasteiger partial charge is 0.342 e. The van der Waals surface area contributed by atoms with Gasteiger partial charge in [-0.3, -0.25) is 14.5 Å². The van der Waals surface area contributed by atoms with Crippen LogP contribution in [0.1, 0.15) is 32.1 Å². The molecule has 3 N–H and O–H groups in total. The number of nitrogens with zero attached hydrogens (tertiary/aromatic N) is 4. The summed E-state index contributed by atoms with van der Waals surface area (Å²) in [6, 6.07) is 6.33. The second kappa shape index (κ2) is 7.18. The molecule has 3 aromatic rings. The van der Waals surface area contributed by atoms with E-state index in [2.05, 4.69) is 20.1 Å². The molecular weight excluding hydrogens is 384 g/mol. The molecule has 0 amide bonds. The van der Waals surface area contributed by atoms with Crippen LogP contribution in [-0.2, 0) is 7.05 Å². The first kappa shape index (κ1) is 18.7. The summed E-state index contributed by atoms with van der Waals surface area (Å²) < 4.78 is 1.69. The van der Waals surface area contributed by atoms with Crippen molar-refractivity contribution in [1.82, 2.24) is 19.7 Å². The minimum atomic E-state index is -0.00912. The quantitative estimate of drug-likeness (QED) is 0.690. The van der Waals surface area contributed by atoms with Crippen LogP contribution in [0.25, 0.3) is 10.9 Å². The van der Waals surface area contributed by atoms with Crippen LogP contribution in [0.15, 0.2) is 45.2 Å². The van der Waals surface area contributed by atoms with Crippen molar-refractivity contribution < 1.29 is 0 Å². The van der Waals surface area contributed by atoms with Gasteiger partial charge in [-0.05, 0) is 49.3 Å². The van der Waals surface area contributed by atoms with Crippen molar-refractivity contribution in [2.45, 2.75) is 47.9 Å². The van der Waals surface area contributed by atoms with Gasteiger partial charge in [0.1, 0.15) is 0 Å². The molecule has 1 aliphatic carbocycles. The molecule has 1 atom stereocenters. The molecule has 29 heavy (non-hydrogen) atoms. The molecule has 1 aromatic carbocycles. The number of aromatic nitrogens is 4. The second-order valence-electron chi connectivity index (χ2n) is 8.36. The highest BCUT2D eigenvalue weighted by molar-refractivity contribution is 7.99. The molecule has 3 heterocycles. The number of hydrogen-bond donors (Lipinski definition) is 2. The van der Waals surface area contributed by atoms with E-state index in [1.165, 1.54) is 24.6 Å². The summed E-state index contributed by atoms with van der Waals surface area (Å²) in [5.74, 6) is 0.756. The summed E-state index contributed by atoms with van der Waals surface area (Å²) in [5, 5.41) is 8.03. The molecule has 7 nitrogen and oxygen atoms in total. The van der Waals surface area contributed by atoms with Gasteiger partial charge in [0.15, 0.2) is 0 Å². The number of anilines is 1. The Morgan fingerprint density at radius 3 is 2.83 bits per heavy atom. The van der Waals surface area contributed by atoms with Gasteiger partial charge >= 0.3 is 0 Å². The lowest BCUT2D eigenvalue weighted by Crippen LogP contribution is -2.48. The van der Waals surface area contributed by atoms with Crippen molar-refractivity contribution in [1.29, 1.82) is 0 Å². The zero-order valence-corrected chi connectivity index (χ0v) is 17.4. The minimum Gasteiger partial charge on any atom is -0.342 e. The van der Waals surface area contributed by atoms with Crippen LogP contribution in [0.2, 0.25) is 0 Å². The Labute approximate surface area is 173 Å². The Morgan fingerprint density at radius 2 is 2.07 bits per heavy atom. The second-order valence-corrected chi connectivity index (χ2v) is 9.47. The summed E-state index contributed by atoms with van der Waals surface area (Å²) in [5.41, 5.74) is 7.69. The topological polar surface area (TPSA) is 92.8 Å². The van der Waals surface area contributed by atoms with Crippen molar-refractivity contribution in [2.75, 3.05) is 18.0 Å². The van der Waals surface area contributed by atoms with Crippen molar-refractivity contribution in [2.24, 2.45) is 18.2 Å². The molecule has 0 radical (unpaired) electrons. The molecule has 8 heteroatoms. The highest BCUT2D eigenvalue weighted by Gasteiger charge is 2.43. The van der Waals surface area contributed by atoms with Gasteiger partial charge in [0.25, 0.3) is 5.56 Å². The maximum atomic E-state index is 13.0. The van der Waals surface area contributed by atoms with Crippen molar-refractivity contribution in [3.8, 4) is 0 Å². The first-order chi connectivity index (χ1) is 14.1. The fourth-order valence-electron chi connectivity index (χ4n) is 4.93. The van der Waals surface area contributed by atoms with Gasteiger partial charge in [0.05, 0.1) is 22.8 Å². The van der Waals surface area contributed by atoms with E-state index >= 15 is 0 Å². The third kappa shape index (κ3) is 3.24. The number of aromatic amines is 1. The minimum absolute atomic E-state index is 0.00912. The van der Waals surface area contributed by atoms with Gasteiger partial charge in [-0.2, -0.15) is 5.10 Å². The first-order valence-electron chi connectivity index (χ1n) is 10.2. The van der Waals surface area contributed by atoms with E-state index in [4.69, 9.17) is 5.73 Å². The molecule has 1 saturated carbocycles. The van der Waals surface area contributed by atoms with E-state index in [1.54, 1.807) is 17.0 Å². The Bertz CT molecular complexity index is 1100. The standard InChI is InChI=1S/C21H26N6OS/c1-26-19(28)17(29-15-4-5-16-14(11-15)12-24-25-16)13-23-20(26)27-9-7-21(8-10-27)6-2-3-18(21)22/h4-5,11-13,18H,2-3,6-10,22H2,1H3,(H,24,25)/t18-/m1/s1. The normalized spacial score (nSPS) is 21.3. The van der Waals surface area contributed by atoms with Crippen molar-refractivity contribution in [3.63, 3.8) is 0 Å². The molecule has 0 unspecified atom stereocenters. The number of piperidine rings is 1. The summed E-state index contributed by atoms with van der Waals surface area (Å²) in [4.78, 5) is 21.5. The molecule has 5 rings (SSSR count). The average molecular weight is 411 g/mol. The Hall–Kier alpha value is -2.32. The van der Waals surface area contributed by atoms with Crippen LogP contribution in [0, 0.1) is 5.41 Å². The van der Waals surface area contributed by atoms with Crippen molar-refractivity contribution in [3.05, 3.63) is 40.9 Å². The number of nitrogens with two attached hydrogens (primary N) is 1. The van der Waals surface area contributed by atoms with Gasteiger partial charge in [0, 0.05) is 36.5 Å². The van der Waals surface area contributed by atoms with E-state index in [1.807, 2.05) is 25.2 Å². The third-order valence-corrected chi connectivity index (χ3v) is 7.76. The molecular formula is C21H26N6OS. The molecule has 2 fully saturated rings.